The summed E-state index contributed by atoms with van der Waals surface area (Å²) < 4.78 is 0. The van der Waals surface area contributed by atoms with Crippen LogP contribution < -0.4 is 5.32 Å². The zero-order valence-electron chi connectivity index (χ0n) is 9.19. The van der Waals surface area contributed by atoms with Crippen LogP contribution in [0, 0.1) is 0 Å². The van der Waals surface area contributed by atoms with Gasteiger partial charge in [-0.1, -0.05) is 23.7 Å². The number of hydrogen-bond acceptors (Lipinski definition) is 3. The second-order valence-corrected chi connectivity index (χ2v) is 4.58. The number of rotatable bonds is 3. The molecule has 88 valence electrons. The van der Waals surface area contributed by atoms with Gasteiger partial charge in [0.15, 0.2) is 0 Å². The number of hydrogen-bond donors (Lipinski definition) is 2. The van der Waals surface area contributed by atoms with Crippen LogP contribution in [0.3, 0.4) is 0 Å². The van der Waals surface area contributed by atoms with Gasteiger partial charge in [-0.2, -0.15) is 0 Å². The van der Waals surface area contributed by atoms with E-state index in [1.807, 2.05) is 18.2 Å². The zero-order chi connectivity index (χ0) is 11.4. The molecule has 1 saturated heterocycles. The van der Waals surface area contributed by atoms with Gasteiger partial charge in [-0.3, -0.25) is 4.90 Å². The Balaban J connectivity index is 2.02. The minimum Gasteiger partial charge on any atom is -0.395 e. The van der Waals surface area contributed by atoms with Gasteiger partial charge in [-0.05, 0) is 17.7 Å². The van der Waals surface area contributed by atoms with E-state index >= 15 is 0 Å². The molecule has 1 aliphatic rings. The maximum Gasteiger partial charge on any atom is 0.0599 e. The van der Waals surface area contributed by atoms with E-state index in [4.69, 9.17) is 11.6 Å². The zero-order valence-corrected chi connectivity index (χ0v) is 9.95. The fourth-order valence-electron chi connectivity index (χ4n) is 2.06. The highest BCUT2D eigenvalue weighted by Crippen LogP contribution is 2.14. The predicted molar refractivity (Wildman–Crippen MR) is 65.6 cm³/mol. The first-order valence-corrected chi connectivity index (χ1v) is 5.97. The van der Waals surface area contributed by atoms with Gasteiger partial charge in [0.2, 0.25) is 0 Å². The number of aliphatic hydroxyl groups excluding tert-OH is 1. The highest BCUT2D eigenvalue weighted by Gasteiger charge is 2.21. The molecule has 2 rings (SSSR count). The molecule has 1 unspecified atom stereocenters. The van der Waals surface area contributed by atoms with Crippen molar-refractivity contribution in [2.45, 2.75) is 12.6 Å². The molecule has 3 nitrogen and oxygen atoms in total. The molecule has 0 aromatic heterocycles. The van der Waals surface area contributed by atoms with Gasteiger partial charge in [-0.15, -0.1) is 0 Å². The molecule has 0 radical (unpaired) electrons. The Hall–Kier alpha value is -0.610. The van der Waals surface area contributed by atoms with Crippen LogP contribution in [0.15, 0.2) is 24.3 Å². The number of halogens is 1. The summed E-state index contributed by atoms with van der Waals surface area (Å²) in [6, 6.07) is 8.12. The van der Waals surface area contributed by atoms with Crippen molar-refractivity contribution in [1.82, 2.24) is 10.2 Å². The summed E-state index contributed by atoms with van der Waals surface area (Å²) in [5.41, 5.74) is 1.20. The van der Waals surface area contributed by atoms with Crippen molar-refractivity contribution in [2.75, 3.05) is 26.2 Å². The largest absolute Gasteiger partial charge is 0.395 e. The first-order valence-electron chi connectivity index (χ1n) is 5.59. The van der Waals surface area contributed by atoms with Crippen molar-refractivity contribution in [1.29, 1.82) is 0 Å². The lowest BCUT2D eigenvalue weighted by Crippen LogP contribution is -2.52. The molecule has 2 N–H and O–H groups in total. The van der Waals surface area contributed by atoms with E-state index in [2.05, 4.69) is 16.3 Å². The third-order valence-electron chi connectivity index (χ3n) is 2.96. The number of aliphatic hydroxyl groups is 1. The quantitative estimate of drug-likeness (QED) is 0.831. The summed E-state index contributed by atoms with van der Waals surface area (Å²) in [4.78, 5) is 2.29. The van der Waals surface area contributed by atoms with Crippen LogP contribution in [0.25, 0.3) is 0 Å². The molecule has 0 spiro atoms. The summed E-state index contributed by atoms with van der Waals surface area (Å²) in [6.07, 6.45) is 0. The minimum absolute atomic E-state index is 0.202. The van der Waals surface area contributed by atoms with Gasteiger partial charge in [0.05, 0.1) is 6.61 Å². The third-order valence-corrected chi connectivity index (χ3v) is 3.19. The van der Waals surface area contributed by atoms with Gasteiger partial charge in [0, 0.05) is 37.2 Å². The predicted octanol–water partition coefficient (Wildman–Crippen LogP) is 1.11. The lowest BCUT2D eigenvalue weighted by Gasteiger charge is -2.35. The van der Waals surface area contributed by atoms with E-state index in [9.17, 15) is 5.11 Å². The second-order valence-electron chi connectivity index (χ2n) is 4.14. The number of benzene rings is 1. The molecule has 0 aliphatic carbocycles. The fourth-order valence-corrected chi connectivity index (χ4v) is 2.27. The van der Waals surface area contributed by atoms with Crippen LogP contribution in [0.2, 0.25) is 5.02 Å². The number of nitrogens with one attached hydrogen (secondary N) is 1. The van der Waals surface area contributed by atoms with Crippen molar-refractivity contribution in [3.8, 4) is 0 Å². The van der Waals surface area contributed by atoms with Gasteiger partial charge in [-0.25, -0.2) is 0 Å². The highest BCUT2D eigenvalue weighted by atomic mass is 35.5. The van der Waals surface area contributed by atoms with E-state index in [1.54, 1.807) is 0 Å². The third kappa shape index (κ3) is 2.95. The van der Waals surface area contributed by atoms with Crippen molar-refractivity contribution < 1.29 is 5.11 Å². The average molecular weight is 241 g/mol. The first-order chi connectivity index (χ1) is 7.79. The lowest BCUT2D eigenvalue weighted by molar-refractivity contribution is 0.0946. The van der Waals surface area contributed by atoms with Crippen LogP contribution in [0.4, 0.5) is 0 Å². The standard InChI is InChI=1S/C12H17ClN2O/c13-11-3-1-2-10(6-11)8-15-5-4-14-7-12(15)9-16/h1-3,6,12,14,16H,4-5,7-9H2. The van der Waals surface area contributed by atoms with Crippen LogP contribution in [0.1, 0.15) is 5.56 Å². The van der Waals surface area contributed by atoms with Gasteiger partial charge in [0.1, 0.15) is 0 Å². The molecule has 1 aromatic rings. The Bertz CT molecular complexity index is 346. The molecule has 1 fully saturated rings. The van der Waals surface area contributed by atoms with Crippen LogP contribution in [0.5, 0.6) is 0 Å². The molecule has 4 heteroatoms. The molecule has 1 heterocycles. The topological polar surface area (TPSA) is 35.5 Å². The lowest BCUT2D eigenvalue weighted by atomic mass is 10.1. The van der Waals surface area contributed by atoms with Crippen molar-refractivity contribution in [3.05, 3.63) is 34.9 Å². The number of piperazine rings is 1. The molecule has 1 atom stereocenters. The average Bonchev–Trinajstić information content (AvgIpc) is 2.30. The summed E-state index contributed by atoms with van der Waals surface area (Å²) in [5, 5.41) is 13.3. The SMILES string of the molecule is OCC1CNCCN1Cc1cccc(Cl)c1. The maximum absolute atomic E-state index is 9.29. The first kappa shape index (κ1) is 11.9. The van der Waals surface area contributed by atoms with E-state index < -0.39 is 0 Å². The number of nitrogens with zero attached hydrogens (tertiary/aromatic N) is 1. The summed E-state index contributed by atoms with van der Waals surface area (Å²) >= 11 is 5.95. The van der Waals surface area contributed by atoms with Crippen molar-refractivity contribution in [2.24, 2.45) is 0 Å². The Morgan fingerprint density at radius 1 is 1.50 bits per heavy atom. The van der Waals surface area contributed by atoms with Crippen LogP contribution >= 0.6 is 11.6 Å². The molecule has 0 amide bonds. The van der Waals surface area contributed by atoms with Crippen molar-refractivity contribution in [3.63, 3.8) is 0 Å². The Morgan fingerprint density at radius 2 is 2.38 bits per heavy atom. The summed E-state index contributed by atoms with van der Waals surface area (Å²) in [7, 11) is 0. The normalized spacial score (nSPS) is 22.2. The van der Waals surface area contributed by atoms with E-state index in [0.717, 1.165) is 31.2 Å². The van der Waals surface area contributed by atoms with Gasteiger partial charge in [0.25, 0.3) is 0 Å². The van der Waals surface area contributed by atoms with E-state index in [1.165, 1.54) is 5.56 Å². The monoisotopic (exact) mass is 240 g/mol. The fraction of sp³-hybridized carbons (Fsp3) is 0.500. The highest BCUT2D eigenvalue weighted by molar-refractivity contribution is 6.30. The molecule has 0 bridgehead atoms. The molecule has 16 heavy (non-hydrogen) atoms. The van der Waals surface area contributed by atoms with Gasteiger partial charge < -0.3 is 10.4 Å². The minimum atomic E-state index is 0.202. The summed E-state index contributed by atoms with van der Waals surface area (Å²) in [6.45, 7) is 3.87. The smallest absolute Gasteiger partial charge is 0.0599 e. The second kappa shape index (κ2) is 5.64. The van der Waals surface area contributed by atoms with Crippen LogP contribution in [-0.4, -0.2) is 42.3 Å². The molecule has 0 saturated carbocycles. The Labute approximate surface area is 101 Å². The van der Waals surface area contributed by atoms with E-state index in [-0.39, 0.29) is 12.6 Å². The van der Waals surface area contributed by atoms with Crippen molar-refractivity contribution >= 4 is 11.6 Å². The van der Waals surface area contributed by atoms with Crippen LogP contribution in [-0.2, 0) is 6.54 Å². The Kier molecular flexibility index (Phi) is 4.18. The molecular weight excluding hydrogens is 224 g/mol. The summed E-state index contributed by atoms with van der Waals surface area (Å²) in [5.74, 6) is 0. The van der Waals surface area contributed by atoms with E-state index in [0.29, 0.717) is 0 Å². The molecular formula is C12H17ClN2O. The maximum atomic E-state index is 9.29. The Morgan fingerprint density at radius 3 is 3.12 bits per heavy atom. The molecule has 1 aliphatic heterocycles. The van der Waals surface area contributed by atoms with Gasteiger partial charge >= 0.3 is 0 Å². The molecule has 1 aromatic carbocycles.